The van der Waals surface area contributed by atoms with Crippen LogP contribution in [0.15, 0.2) is 255 Å². The van der Waals surface area contributed by atoms with Crippen LogP contribution in [0.3, 0.4) is 0 Å². The molecule has 10 heteroatoms. The minimum atomic E-state index is -0.631. The zero-order valence-electron chi connectivity index (χ0n) is 93.1. The second-order valence-electron chi connectivity index (χ2n) is 46.9. The normalized spacial score (nSPS) is 23.2. The highest BCUT2D eigenvalue weighted by Crippen LogP contribution is 2.62. The molecule has 145 heavy (non-hydrogen) atoms. The van der Waals surface area contributed by atoms with E-state index in [2.05, 4.69) is 294 Å². The van der Waals surface area contributed by atoms with E-state index in [1.54, 1.807) is 24.3 Å². The lowest BCUT2D eigenvalue weighted by Crippen LogP contribution is -2.37. The van der Waals surface area contributed by atoms with E-state index in [0.717, 1.165) is 107 Å². The average Bonchev–Trinajstić information content (AvgIpc) is 1.61. The number of phenolic OH excluding ortho intramolecular Hbond substituents is 2. The summed E-state index contributed by atoms with van der Waals surface area (Å²) >= 11 is 0. The number of phenols is 2. The van der Waals surface area contributed by atoms with Gasteiger partial charge < -0.3 is 38.6 Å². The number of aromatic hydroxyl groups is 2. The highest BCUT2D eigenvalue weighted by atomic mass is 16.7. The van der Waals surface area contributed by atoms with Gasteiger partial charge in [-0.2, -0.15) is 0 Å². The summed E-state index contributed by atoms with van der Waals surface area (Å²) in [7, 11) is 0. The monoisotopic (exact) mass is 1960 g/mol. The second-order valence-corrected chi connectivity index (χ2v) is 46.9. The van der Waals surface area contributed by atoms with Crippen LogP contribution >= 0.6 is 0 Å². The maximum Gasteiger partial charge on any atom is 0.312 e. The smallest absolute Gasteiger partial charge is 0.312 e. The molecule has 778 valence electrons. The standard InChI is InChI=1S/2C24H36O2.C20H26O2.C19H24O2.2C14H14.2C10H14O/c2*1-5-16(4)17-9-11-19(12-10-17)25-24(15(2)3)26-23-14-18-13-22(23)21-8-6-7-20(18)21;1-6-19(3,4)18(21)22-20(5,7-2)17-13-12-15-10-8-9-11-16(15)14-17;1-6-18(2,3)17(20)21-19(4,5)16-12-11-14-9-7-8-10-15(14)13-16;2*1-9-10(2)13-8-4-6-11-5-3-7-12(9)14(11)13;2*1-3-8(2)9-4-6-10(11)7-5-9/h2*9-12,15-16,18,20-24H,5-8,13-14H2,1-4H3;8-14H,6-7H2,1-5H3;7-13H,6H2,1-5H3;2*3-10H,1-2H3;2*4-8,11H,3H2,1-2H3. The van der Waals surface area contributed by atoms with E-state index in [9.17, 15) is 9.59 Å². The van der Waals surface area contributed by atoms with Gasteiger partial charge in [0.25, 0.3) is 0 Å². The van der Waals surface area contributed by atoms with Gasteiger partial charge in [0.05, 0.1) is 23.0 Å². The maximum absolute atomic E-state index is 12.5. The van der Waals surface area contributed by atoms with Crippen molar-refractivity contribution in [2.45, 2.75) is 373 Å². The van der Waals surface area contributed by atoms with E-state index in [-0.39, 0.29) is 24.5 Å². The Kier molecular flexibility index (Phi) is 38.7. The number of carbonyl (C=O) groups is 2. The molecule has 2 N–H and O–H groups in total. The van der Waals surface area contributed by atoms with Crippen molar-refractivity contribution in [3.63, 3.8) is 0 Å². The first-order chi connectivity index (χ1) is 69.3. The van der Waals surface area contributed by atoms with Gasteiger partial charge in [-0.25, -0.2) is 0 Å². The molecule has 10 nitrogen and oxygen atoms in total. The quantitative estimate of drug-likeness (QED) is 0.0379. The lowest BCUT2D eigenvalue weighted by atomic mass is 9.80. The summed E-state index contributed by atoms with van der Waals surface area (Å²) in [4.78, 5) is 24.8. The Bertz CT molecular complexity index is 5780. The van der Waals surface area contributed by atoms with Gasteiger partial charge in [-0.3, -0.25) is 9.59 Å². The molecule has 0 amide bonds. The Morgan fingerprint density at radius 3 is 0.952 bits per heavy atom. The maximum atomic E-state index is 12.5. The van der Waals surface area contributed by atoms with Crippen molar-refractivity contribution in [3.8, 4) is 23.0 Å². The topological polar surface area (TPSA) is 130 Å². The van der Waals surface area contributed by atoms with Crippen molar-refractivity contribution in [1.29, 1.82) is 0 Å². The Morgan fingerprint density at radius 2 is 0.628 bits per heavy atom. The molecular formula is C135H178O10. The van der Waals surface area contributed by atoms with Crippen molar-refractivity contribution < 1.29 is 48.2 Å². The number of hydrogen-bond donors (Lipinski definition) is 2. The van der Waals surface area contributed by atoms with Crippen molar-refractivity contribution in [3.05, 3.63) is 310 Å². The van der Waals surface area contributed by atoms with Crippen LogP contribution in [0, 0.1) is 70.0 Å². The van der Waals surface area contributed by atoms with Gasteiger partial charge in [0.15, 0.2) is 0 Å². The minimum absolute atomic E-state index is 0.131. The molecule has 8 aliphatic carbocycles. The lowest BCUT2D eigenvalue weighted by molar-refractivity contribution is -0.171. The molecule has 0 saturated heterocycles. The summed E-state index contributed by atoms with van der Waals surface area (Å²) < 4.78 is 37.5. The van der Waals surface area contributed by atoms with Gasteiger partial charge in [-0.15, -0.1) is 0 Å². The van der Waals surface area contributed by atoms with Crippen molar-refractivity contribution in [2.75, 3.05) is 0 Å². The van der Waals surface area contributed by atoms with Gasteiger partial charge >= 0.3 is 11.9 Å². The Hall–Kier alpha value is -10.3. The van der Waals surface area contributed by atoms with Crippen molar-refractivity contribution >= 4 is 55.0 Å². The summed E-state index contributed by atoms with van der Waals surface area (Å²) in [5.41, 5.74) is 11.4. The molecule has 21 atom stereocenters. The number of esters is 2. The highest BCUT2D eigenvalue weighted by molar-refractivity contribution is 5.93. The molecule has 0 aromatic heterocycles. The third-order valence-corrected chi connectivity index (χ3v) is 35.6. The Labute approximate surface area is 873 Å². The third kappa shape index (κ3) is 27.1. The van der Waals surface area contributed by atoms with Crippen molar-refractivity contribution in [2.24, 2.45) is 70.0 Å². The van der Waals surface area contributed by atoms with Crippen LogP contribution in [0.4, 0.5) is 0 Å². The number of benzene rings is 12. The zero-order valence-corrected chi connectivity index (χ0v) is 93.1. The molecule has 20 rings (SSSR count). The first-order valence-electron chi connectivity index (χ1n) is 56.2. The van der Waals surface area contributed by atoms with Crippen LogP contribution in [-0.4, -0.2) is 46.9 Å². The van der Waals surface area contributed by atoms with E-state index in [1.807, 2.05) is 117 Å². The first-order valence-corrected chi connectivity index (χ1v) is 56.2. The van der Waals surface area contributed by atoms with Gasteiger partial charge in [0.2, 0.25) is 12.6 Å². The molecule has 6 fully saturated rings. The summed E-state index contributed by atoms with van der Waals surface area (Å²) in [6.07, 6.45) is 21.6. The summed E-state index contributed by atoms with van der Waals surface area (Å²) in [6, 6.07) is 87.8. The Balaban J connectivity index is 0.000000141. The largest absolute Gasteiger partial charge is 0.508 e. The number of hydrogen-bond acceptors (Lipinski definition) is 10. The fourth-order valence-electron chi connectivity index (χ4n) is 23.7. The zero-order chi connectivity index (χ0) is 105. The van der Waals surface area contributed by atoms with E-state index in [1.165, 1.54) is 159 Å². The molecule has 8 aliphatic rings. The molecule has 0 heterocycles. The summed E-state index contributed by atoms with van der Waals surface area (Å²) in [6.45, 7) is 55.6. The molecule has 21 unspecified atom stereocenters. The molecule has 0 aliphatic heterocycles. The number of fused-ring (bicyclic) bond motifs is 12. The van der Waals surface area contributed by atoms with Gasteiger partial charge in [-0.05, 0) is 399 Å². The van der Waals surface area contributed by atoms with Gasteiger partial charge in [-0.1, -0.05) is 339 Å². The summed E-state index contributed by atoms with van der Waals surface area (Å²) in [5.74, 6) is 15.5. The van der Waals surface area contributed by atoms with Crippen LogP contribution in [0.5, 0.6) is 23.0 Å². The van der Waals surface area contributed by atoms with Crippen LogP contribution in [0.1, 0.15) is 392 Å². The van der Waals surface area contributed by atoms with E-state index in [4.69, 9.17) is 38.6 Å². The van der Waals surface area contributed by atoms with Crippen LogP contribution in [0.25, 0.3) is 43.1 Å². The molecule has 0 spiro atoms. The minimum Gasteiger partial charge on any atom is -0.508 e. The van der Waals surface area contributed by atoms with Gasteiger partial charge in [0.1, 0.15) is 34.2 Å². The predicted molar refractivity (Wildman–Crippen MR) is 607 cm³/mol. The van der Waals surface area contributed by atoms with Gasteiger partial charge in [0, 0.05) is 11.8 Å². The van der Waals surface area contributed by atoms with E-state index < -0.39 is 22.0 Å². The second kappa shape index (κ2) is 50.2. The summed E-state index contributed by atoms with van der Waals surface area (Å²) in [5, 5.41) is 28.6. The highest BCUT2D eigenvalue weighted by Gasteiger charge is 2.57. The van der Waals surface area contributed by atoms with E-state index in [0.29, 0.717) is 82.9 Å². The van der Waals surface area contributed by atoms with Crippen molar-refractivity contribution in [1.82, 2.24) is 0 Å². The number of rotatable bonds is 27. The fourth-order valence-corrected chi connectivity index (χ4v) is 23.7. The Morgan fingerprint density at radius 1 is 0.324 bits per heavy atom. The molecule has 4 bridgehead atoms. The van der Waals surface area contributed by atoms with Crippen LogP contribution in [-0.2, 0) is 39.7 Å². The molecule has 12 aromatic carbocycles. The third-order valence-electron chi connectivity index (χ3n) is 35.6. The van der Waals surface area contributed by atoms with Crippen LogP contribution < -0.4 is 9.47 Å². The SMILES string of the molecule is CC1c2cccc3cccc(c23)C1C.CC1c2cccc3cccc(c23)C1C.CCC(C)(C)C(=O)OC(C)(C)c1ccc2ccccc2c1.CCC(C)(C)C(=O)OC(C)(CC)c1ccc2ccccc2c1.CCC(C)c1ccc(O)cc1.CCC(C)c1ccc(O)cc1.CCC(C)c1ccc(OC(OC2CC3CC2C2CCCC32)C(C)C)cc1.CCC(C)c1ccc(OC(OC2CC3CC2C2CCCC32)C(C)C)cc1. The fraction of sp³-hybridized carbons (Fsp3) is 0.511. The van der Waals surface area contributed by atoms with Crippen LogP contribution in [0.2, 0.25) is 0 Å². The molecule has 0 radical (unpaired) electrons. The lowest BCUT2D eigenvalue weighted by Gasteiger charge is -2.35. The predicted octanol–water partition coefficient (Wildman–Crippen LogP) is 37.2. The molecular weight excluding hydrogens is 1780 g/mol. The first kappa shape index (κ1) is 112. The van der Waals surface area contributed by atoms with E-state index >= 15 is 0 Å². The number of carbonyl (C=O) groups excluding carboxylic acids is 2. The average molecular weight is 1960 g/mol. The molecule has 12 aromatic rings. The molecule has 6 saturated carbocycles. The number of ether oxygens (including phenoxy) is 6.